The minimum Gasteiger partial charge on any atom is -0.413 e. The zero-order chi connectivity index (χ0) is 7.84. The van der Waals surface area contributed by atoms with Crippen LogP contribution in [-0.4, -0.2) is 0 Å². The van der Waals surface area contributed by atoms with E-state index >= 15 is 0 Å². The summed E-state index contributed by atoms with van der Waals surface area (Å²) < 4.78 is 10.2. The van der Waals surface area contributed by atoms with E-state index in [0.717, 1.165) is 16.7 Å². The van der Waals surface area contributed by atoms with Gasteiger partial charge in [-0.15, -0.1) is 0 Å². The largest absolute Gasteiger partial charge is 0.413 e. The average molecular weight is 166 g/mol. The van der Waals surface area contributed by atoms with E-state index in [1.165, 1.54) is 0 Å². The molecule has 0 aliphatic heterocycles. The third-order valence-electron chi connectivity index (χ3n) is 1.55. The molecule has 0 unspecified atom stereocenters. The van der Waals surface area contributed by atoms with Crippen molar-refractivity contribution < 1.29 is 8.83 Å². The number of hydrogen-bond acceptors (Lipinski definition) is 3. The number of para-hydroxylation sites is 1. The maximum atomic E-state index is 5.15. The molecule has 0 saturated carbocycles. The van der Waals surface area contributed by atoms with Crippen molar-refractivity contribution in [1.82, 2.24) is 0 Å². The fraction of sp³-hybridized carbons (Fsp3) is 0.125. The van der Waals surface area contributed by atoms with Gasteiger partial charge in [-0.05, 0) is 18.6 Å². The molecule has 1 heterocycles. The predicted octanol–water partition coefficient (Wildman–Crippen LogP) is 3.06. The van der Waals surface area contributed by atoms with Gasteiger partial charge in [0, 0.05) is 12.2 Å². The first kappa shape index (κ1) is 6.61. The Morgan fingerprint density at radius 2 is 2.09 bits per heavy atom. The van der Waals surface area contributed by atoms with Crippen LogP contribution in [0.4, 0.5) is 0 Å². The molecule has 0 saturated heterocycles. The molecule has 11 heavy (non-hydrogen) atoms. The van der Waals surface area contributed by atoms with Gasteiger partial charge in [-0.2, -0.15) is 0 Å². The second kappa shape index (κ2) is 2.20. The highest BCUT2D eigenvalue weighted by atomic mass is 32.1. The van der Waals surface area contributed by atoms with Crippen molar-refractivity contribution in [2.24, 2.45) is 0 Å². The van der Waals surface area contributed by atoms with Crippen LogP contribution in [0.2, 0.25) is 0 Å². The highest BCUT2D eigenvalue weighted by molar-refractivity contribution is 7.71. The number of rotatable bonds is 0. The fourth-order valence-corrected chi connectivity index (χ4v) is 1.20. The molecule has 0 bridgehead atoms. The van der Waals surface area contributed by atoms with Gasteiger partial charge in [-0.3, -0.25) is 0 Å². The molecule has 0 amide bonds. The van der Waals surface area contributed by atoms with Gasteiger partial charge in [-0.25, -0.2) is 0 Å². The average Bonchev–Trinajstić information content (AvgIpc) is 2.31. The molecule has 3 heteroatoms. The first-order valence-electron chi connectivity index (χ1n) is 3.26. The van der Waals surface area contributed by atoms with Crippen molar-refractivity contribution in [2.75, 3.05) is 0 Å². The van der Waals surface area contributed by atoms with Crippen LogP contribution in [0.3, 0.4) is 0 Å². The van der Waals surface area contributed by atoms with Gasteiger partial charge in [0.25, 0.3) is 0 Å². The molecule has 0 radical (unpaired) electrons. The van der Waals surface area contributed by atoms with Gasteiger partial charge in [0.2, 0.25) is 0 Å². The lowest BCUT2D eigenvalue weighted by Gasteiger charge is -1.87. The van der Waals surface area contributed by atoms with E-state index < -0.39 is 0 Å². The highest BCUT2D eigenvalue weighted by Gasteiger charge is 2.01. The van der Waals surface area contributed by atoms with Crippen molar-refractivity contribution in [2.45, 2.75) is 6.92 Å². The number of fused-ring (bicyclic) bond motifs is 1. The molecule has 2 aromatic rings. The zero-order valence-electron chi connectivity index (χ0n) is 5.96. The van der Waals surface area contributed by atoms with Gasteiger partial charge in [-0.1, -0.05) is 12.1 Å². The molecular weight excluding hydrogens is 160 g/mol. The summed E-state index contributed by atoms with van der Waals surface area (Å²) in [6.45, 7) is 1.95. The SMILES string of the molecule is Cc1cccc2oc(=S)oc12. The van der Waals surface area contributed by atoms with Crippen molar-refractivity contribution in [1.29, 1.82) is 0 Å². The quantitative estimate of drug-likeness (QED) is 0.562. The summed E-state index contributed by atoms with van der Waals surface area (Å²) in [6, 6.07) is 5.70. The van der Waals surface area contributed by atoms with E-state index in [1.807, 2.05) is 25.1 Å². The van der Waals surface area contributed by atoms with E-state index in [4.69, 9.17) is 21.1 Å². The summed E-state index contributed by atoms with van der Waals surface area (Å²) >= 11 is 4.74. The summed E-state index contributed by atoms with van der Waals surface area (Å²) in [6.07, 6.45) is 0. The van der Waals surface area contributed by atoms with E-state index in [2.05, 4.69) is 0 Å². The summed E-state index contributed by atoms with van der Waals surface area (Å²) in [5.74, 6) is 0. The predicted molar refractivity (Wildman–Crippen MR) is 44.1 cm³/mol. The Kier molecular flexibility index (Phi) is 1.32. The van der Waals surface area contributed by atoms with Crippen LogP contribution in [0.5, 0.6) is 0 Å². The molecule has 2 rings (SSSR count). The molecular formula is C8H6O2S. The van der Waals surface area contributed by atoms with Crippen LogP contribution in [0.1, 0.15) is 5.56 Å². The molecule has 56 valence electrons. The van der Waals surface area contributed by atoms with Gasteiger partial charge < -0.3 is 8.83 Å². The summed E-state index contributed by atoms with van der Waals surface area (Å²) in [5, 5.41) is 0. The topological polar surface area (TPSA) is 26.3 Å². The maximum Gasteiger partial charge on any atom is 0.363 e. The Hall–Kier alpha value is -1.09. The van der Waals surface area contributed by atoms with Gasteiger partial charge >= 0.3 is 4.90 Å². The van der Waals surface area contributed by atoms with Crippen LogP contribution in [-0.2, 0) is 0 Å². The van der Waals surface area contributed by atoms with Gasteiger partial charge in [0.1, 0.15) is 0 Å². The summed E-state index contributed by atoms with van der Waals surface area (Å²) in [5.41, 5.74) is 2.51. The third-order valence-corrected chi connectivity index (χ3v) is 1.72. The molecule has 0 aliphatic carbocycles. The molecule has 0 fully saturated rings. The van der Waals surface area contributed by atoms with Crippen LogP contribution < -0.4 is 0 Å². The minimum absolute atomic E-state index is 0.189. The lowest BCUT2D eigenvalue weighted by molar-refractivity contribution is 0.443. The zero-order valence-corrected chi connectivity index (χ0v) is 6.77. The standard InChI is InChI=1S/C8H6O2S/c1-5-3-2-4-6-7(5)10-8(11)9-6/h2-4H,1H3. The molecule has 1 aromatic carbocycles. The monoisotopic (exact) mass is 166 g/mol. The van der Waals surface area contributed by atoms with Crippen LogP contribution in [0.25, 0.3) is 11.2 Å². The first-order valence-corrected chi connectivity index (χ1v) is 3.67. The van der Waals surface area contributed by atoms with Crippen LogP contribution in [0, 0.1) is 11.8 Å². The van der Waals surface area contributed by atoms with Gasteiger partial charge in [0.05, 0.1) is 0 Å². The molecule has 0 spiro atoms. The Bertz CT molecular complexity index is 439. The van der Waals surface area contributed by atoms with Crippen molar-refractivity contribution in [3.63, 3.8) is 0 Å². The highest BCUT2D eigenvalue weighted by Crippen LogP contribution is 2.19. The van der Waals surface area contributed by atoms with Crippen molar-refractivity contribution in [3.05, 3.63) is 28.7 Å². The lowest BCUT2D eigenvalue weighted by Crippen LogP contribution is -1.69. The minimum atomic E-state index is 0.189. The fourth-order valence-electron chi connectivity index (χ4n) is 1.03. The third kappa shape index (κ3) is 0.973. The summed E-state index contributed by atoms with van der Waals surface area (Å²) in [7, 11) is 0. The smallest absolute Gasteiger partial charge is 0.363 e. The van der Waals surface area contributed by atoms with Gasteiger partial charge in [0.15, 0.2) is 11.2 Å². The molecule has 0 aliphatic rings. The lowest BCUT2D eigenvalue weighted by atomic mass is 10.2. The van der Waals surface area contributed by atoms with Crippen molar-refractivity contribution >= 4 is 23.4 Å². The van der Waals surface area contributed by atoms with Crippen LogP contribution in [0.15, 0.2) is 27.0 Å². The van der Waals surface area contributed by atoms with E-state index in [1.54, 1.807) is 0 Å². The Labute approximate surface area is 68.4 Å². The van der Waals surface area contributed by atoms with E-state index in [9.17, 15) is 0 Å². The Morgan fingerprint density at radius 1 is 1.27 bits per heavy atom. The normalized spacial score (nSPS) is 10.6. The maximum absolute atomic E-state index is 5.15. The number of benzene rings is 1. The van der Waals surface area contributed by atoms with E-state index in [0.29, 0.717) is 0 Å². The number of aryl methyl sites for hydroxylation is 1. The summed E-state index contributed by atoms with van der Waals surface area (Å²) in [4.78, 5) is 0.189. The Morgan fingerprint density at radius 3 is 2.82 bits per heavy atom. The Balaban J connectivity index is 3.01. The molecule has 1 aromatic heterocycles. The van der Waals surface area contributed by atoms with E-state index in [-0.39, 0.29) is 4.90 Å². The van der Waals surface area contributed by atoms with Crippen LogP contribution >= 0.6 is 12.2 Å². The first-order chi connectivity index (χ1) is 5.27. The molecule has 2 nitrogen and oxygen atoms in total. The second-order valence-electron chi connectivity index (χ2n) is 2.36. The van der Waals surface area contributed by atoms with Crippen molar-refractivity contribution in [3.8, 4) is 0 Å². The second-order valence-corrected chi connectivity index (χ2v) is 2.69. The molecule has 0 atom stereocenters. The molecule has 0 N–H and O–H groups in total. The number of hydrogen-bond donors (Lipinski definition) is 0.